The van der Waals surface area contributed by atoms with Gasteiger partial charge in [0.2, 0.25) is 0 Å². The van der Waals surface area contributed by atoms with Crippen LogP contribution in [0.15, 0.2) is 126 Å². The molecule has 7 rings (SSSR count). The summed E-state index contributed by atoms with van der Waals surface area (Å²) < 4.78 is 0.949. The van der Waals surface area contributed by atoms with Gasteiger partial charge in [-0.25, -0.2) is 0 Å². The number of hydrogen-bond acceptors (Lipinski definition) is 1. The average molecular weight is 513 g/mol. The van der Waals surface area contributed by atoms with Gasteiger partial charge in [-0.15, -0.1) is 0 Å². The van der Waals surface area contributed by atoms with E-state index in [1.54, 1.807) is 0 Å². The first-order valence-electron chi connectivity index (χ1n) is 11.8. The van der Waals surface area contributed by atoms with Crippen LogP contribution in [0.1, 0.15) is 16.7 Å². The van der Waals surface area contributed by atoms with Crippen LogP contribution in [0, 0.1) is 0 Å². The Labute approximate surface area is 212 Å². The quantitative estimate of drug-likeness (QED) is 0.246. The molecule has 1 atom stereocenters. The molecule has 0 saturated carbocycles. The minimum absolute atomic E-state index is 0.897. The van der Waals surface area contributed by atoms with Crippen molar-refractivity contribution in [1.82, 2.24) is 0 Å². The van der Waals surface area contributed by atoms with Crippen LogP contribution in [0.3, 0.4) is 0 Å². The Balaban J connectivity index is 1.67. The highest BCUT2D eigenvalue weighted by atomic mass is 79.9. The van der Waals surface area contributed by atoms with E-state index in [4.69, 9.17) is 0 Å². The molecule has 0 heterocycles. The molecular weight excluding hydrogens is 492 g/mol. The molecule has 6 aromatic rings. The van der Waals surface area contributed by atoms with E-state index in [1.165, 1.54) is 0 Å². The number of rotatable bonds is 2. The van der Waals surface area contributed by atoms with Gasteiger partial charge in [-0.2, -0.15) is 0 Å². The zero-order valence-corrected chi connectivity index (χ0v) is 20.5. The molecule has 1 nitrogen and oxygen atoms in total. The summed E-state index contributed by atoms with van der Waals surface area (Å²) in [6, 6.07) is 42.0. The average Bonchev–Trinajstić information content (AvgIpc) is 2.91. The molecule has 0 bridgehead atoms. The predicted octanol–water partition coefficient (Wildman–Crippen LogP) is 8.69. The van der Waals surface area contributed by atoms with Gasteiger partial charge in [0, 0.05) is 21.2 Å². The third-order valence-electron chi connectivity index (χ3n) is 7.34. The zero-order chi connectivity index (χ0) is 23.6. The lowest BCUT2D eigenvalue weighted by Crippen LogP contribution is -2.32. The second-order valence-electron chi connectivity index (χ2n) is 9.18. The van der Waals surface area contributed by atoms with Crippen molar-refractivity contribution >= 4 is 37.5 Å². The second kappa shape index (κ2) is 7.64. The van der Waals surface area contributed by atoms with E-state index in [0.29, 0.717) is 0 Å². The maximum atomic E-state index is 13.0. The third kappa shape index (κ3) is 2.91. The fourth-order valence-electron chi connectivity index (χ4n) is 5.85. The fraction of sp³-hybridized carbons (Fsp3) is 0.0303. The number of fused-ring (bicyclic) bond motifs is 3. The van der Waals surface area contributed by atoms with E-state index in [9.17, 15) is 5.11 Å². The van der Waals surface area contributed by atoms with Gasteiger partial charge in [0.1, 0.15) is 5.60 Å². The number of hydrogen-bond donors (Lipinski definition) is 1. The summed E-state index contributed by atoms with van der Waals surface area (Å²) in [6.45, 7) is 0. The van der Waals surface area contributed by atoms with Gasteiger partial charge >= 0.3 is 0 Å². The summed E-state index contributed by atoms with van der Waals surface area (Å²) in [4.78, 5) is 0. The molecule has 0 radical (unpaired) electrons. The van der Waals surface area contributed by atoms with Crippen LogP contribution in [0.4, 0.5) is 0 Å². The molecule has 0 aromatic heterocycles. The Morgan fingerprint density at radius 2 is 1.06 bits per heavy atom. The van der Waals surface area contributed by atoms with Crippen LogP contribution < -0.4 is 0 Å². The third-order valence-corrected chi connectivity index (χ3v) is 7.83. The molecule has 1 unspecified atom stereocenters. The molecule has 0 aliphatic heterocycles. The molecule has 1 aliphatic rings. The van der Waals surface area contributed by atoms with Gasteiger partial charge in [0.05, 0.1) is 0 Å². The van der Waals surface area contributed by atoms with E-state index < -0.39 is 5.60 Å². The molecule has 1 aliphatic carbocycles. The lowest BCUT2D eigenvalue weighted by atomic mass is 9.69. The van der Waals surface area contributed by atoms with Crippen molar-refractivity contribution in [2.24, 2.45) is 0 Å². The first-order chi connectivity index (χ1) is 17.2. The van der Waals surface area contributed by atoms with Gasteiger partial charge in [0.25, 0.3) is 0 Å². The fourth-order valence-corrected chi connectivity index (χ4v) is 6.21. The summed E-state index contributed by atoms with van der Waals surface area (Å²) in [6.07, 6.45) is 0. The summed E-state index contributed by atoms with van der Waals surface area (Å²) in [7, 11) is 0. The SMILES string of the molecule is OC1(c2cccc3cccc(-c4ccccc4)c23)c2cc(Br)ccc2-c2cccc3cccc1c23. The molecule has 1 N–H and O–H groups in total. The monoisotopic (exact) mass is 512 g/mol. The zero-order valence-electron chi connectivity index (χ0n) is 18.9. The molecule has 2 heteroatoms. The summed E-state index contributed by atoms with van der Waals surface area (Å²) in [5, 5.41) is 17.5. The molecule has 0 fully saturated rings. The van der Waals surface area contributed by atoms with Crippen LogP contribution in [0.5, 0.6) is 0 Å². The molecule has 6 aromatic carbocycles. The topological polar surface area (TPSA) is 20.2 Å². The molecule has 0 spiro atoms. The predicted molar refractivity (Wildman–Crippen MR) is 149 cm³/mol. The van der Waals surface area contributed by atoms with E-state index >= 15 is 0 Å². The first kappa shape index (κ1) is 20.6. The summed E-state index contributed by atoms with van der Waals surface area (Å²) in [5.74, 6) is 0. The van der Waals surface area contributed by atoms with Gasteiger partial charge in [-0.05, 0) is 55.9 Å². The Hall–Kier alpha value is -3.72. The van der Waals surface area contributed by atoms with Crippen LogP contribution >= 0.6 is 15.9 Å². The summed E-state index contributed by atoms with van der Waals surface area (Å²) in [5.41, 5.74) is 5.88. The Morgan fingerprint density at radius 1 is 0.486 bits per heavy atom. The van der Waals surface area contributed by atoms with Crippen molar-refractivity contribution in [2.75, 3.05) is 0 Å². The maximum absolute atomic E-state index is 13.0. The van der Waals surface area contributed by atoms with Gasteiger partial charge < -0.3 is 5.11 Å². The number of aliphatic hydroxyl groups is 1. The normalized spacial score (nSPS) is 16.4. The van der Waals surface area contributed by atoms with E-state index in [1.807, 2.05) is 6.07 Å². The Bertz CT molecular complexity index is 1760. The van der Waals surface area contributed by atoms with Crippen molar-refractivity contribution in [3.05, 3.63) is 142 Å². The van der Waals surface area contributed by atoms with Crippen LogP contribution in [0.2, 0.25) is 0 Å². The van der Waals surface area contributed by atoms with E-state index in [0.717, 1.165) is 65.0 Å². The van der Waals surface area contributed by atoms with Crippen LogP contribution in [-0.4, -0.2) is 5.11 Å². The van der Waals surface area contributed by atoms with Gasteiger partial charge in [-0.3, -0.25) is 0 Å². The second-order valence-corrected chi connectivity index (χ2v) is 10.1. The highest BCUT2D eigenvalue weighted by molar-refractivity contribution is 9.10. The molecule has 0 saturated heterocycles. The Kier molecular flexibility index (Phi) is 4.51. The lowest BCUT2D eigenvalue weighted by molar-refractivity contribution is 0.128. The minimum atomic E-state index is -1.32. The molecule has 0 amide bonds. The molecular formula is C33H21BrO. The largest absolute Gasteiger partial charge is 0.376 e. The Morgan fingerprint density at radius 3 is 1.71 bits per heavy atom. The number of halogens is 1. The van der Waals surface area contributed by atoms with Crippen LogP contribution in [-0.2, 0) is 5.60 Å². The summed E-state index contributed by atoms with van der Waals surface area (Å²) >= 11 is 3.68. The molecule has 166 valence electrons. The van der Waals surface area contributed by atoms with Crippen molar-refractivity contribution < 1.29 is 5.11 Å². The standard InChI is InChI=1S/C33H21BrO/c34-24-18-19-26-27-15-5-11-23-13-7-17-29(32(23)27)33(35,30(26)20-24)28-16-6-12-22-10-4-14-25(31(22)28)21-8-2-1-3-9-21/h1-20,35H. The van der Waals surface area contributed by atoms with Crippen molar-refractivity contribution in [1.29, 1.82) is 0 Å². The highest BCUT2D eigenvalue weighted by Crippen LogP contribution is 2.53. The minimum Gasteiger partial charge on any atom is -0.376 e. The van der Waals surface area contributed by atoms with Crippen molar-refractivity contribution in [2.45, 2.75) is 5.60 Å². The highest BCUT2D eigenvalue weighted by Gasteiger charge is 2.42. The maximum Gasteiger partial charge on any atom is 0.142 e. The van der Waals surface area contributed by atoms with Gasteiger partial charge in [0.15, 0.2) is 0 Å². The van der Waals surface area contributed by atoms with E-state index in [-0.39, 0.29) is 0 Å². The first-order valence-corrected chi connectivity index (χ1v) is 12.6. The van der Waals surface area contributed by atoms with Gasteiger partial charge in [-0.1, -0.05) is 125 Å². The van der Waals surface area contributed by atoms with Crippen molar-refractivity contribution in [3.8, 4) is 22.3 Å². The van der Waals surface area contributed by atoms with Crippen molar-refractivity contribution in [3.63, 3.8) is 0 Å². The van der Waals surface area contributed by atoms with Crippen LogP contribution in [0.25, 0.3) is 43.8 Å². The smallest absolute Gasteiger partial charge is 0.142 e. The van der Waals surface area contributed by atoms with E-state index in [2.05, 4.69) is 131 Å². The lowest BCUT2D eigenvalue weighted by Gasteiger charge is -2.38. The number of benzene rings is 6. The molecule has 35 heavy (non-hydrogen) atoms.